The van der Waals surface area contributed by atoms with E-state index in [1.807, 2.05) is 0 Å². The predicted molar refractivity (Wildman–Crippen MR) is 124 cm³/mol. The second kappa shape index (κ2) is 8.18. The number of nitrogens with one attached hydrogen (secondary N) is 2. The van der Waals surface area contributed by atoms with Gasteiger partial charge in [-0.25, -0.2) is 13.2 Å². The molecule has 3 aromatic heterocycles. The molecule has 0 bridgehead atoms. The molecule has 1 fully saturated rings. The van der Waals surface area contributed by atoms with Crippen LogP contribution in [0.2, 0.25) is 0 Å². The minimum Gasteiger partial charge on any atom is -0.382 e. The summed E-state index contributed by atoms with van der Waals surface area (Å²) < 4.78 is 43.6. The predicted octanol–water partition coefficient (Wildman–Crippen LogP) is 2.75. The van der Waals surface area contributed by atoms with Crippen LogP contribution in [0, 0.1) is 17.5 Å². The summed E-state index contributed by atoms with van der Waals surface area (Å²) in [5, 5.41) is 15.4. The van der Waals surface area contributed by atoms with Gasteiger partial charge >= 0.3 is 0 Å². The van der Waals surface area contributed by atoms with Crippen molar-refractivity contribution in [3.05, 3.63) is 75.6 Å². The molecule has 2 aliphatic rings. The van der Waals surface area contributed by atoms with Crippen molar-refractivity contribution in [3.63, 3.8) is 0 Å². The minimum atomic E-state index is -1.51. The number of benzene rings is 1. The first-order valence-electron chi connectivity index (χ1n) is 11.6. The number of fused-ring (bicyclic) bond motifs is 1. The lowest BCUT2D eigenvalue weighted by Crippen LogP contribution is -2.48. The Morgan fingerprint density at radius 2 is 1.94 bits per heavy atom. The molecular weight excluding hydrogens is 459 g/mol. The molecular formula is C25H24F3N5O2. The Kier molecular flexibility index (Phi) is 5.21. The molecule has 0 amide bonds. The molecule has 0 radical (unpaired) electrons. The lowest BCUT2D eigenvalue weighted by atomic mass is 9.93. The summed E-state index contributed by atoms with van der Waals surface area (Å²) in [6.07, 6.45) is 2.71. The van der Waals surface area contributed by atoms with Gasteiger partial charge in [-0.1, -0.05) is 0 Å². The summed E-state index contributed by atoms with van der Waals surface area (Å²) in [7, 11) is 0. The number of likely N-dealkylation sites (tertiary alicyclic amines) is 1. The average Bonchev–Trinajstić information content (AvgIpc) is 3.37. The van der Waals surface area contributed by atoms with Gasteiger partial charge in [0.05, 0.1) is 34.9 Å². The standard InChI is InChI=1S/C25H24F3N5O2/c26-15-7-14-8-17(31-23(14)18(27)9-15)10-29-16-3-5-32(6-4-16)12-25(35)13-33-21(34)2-1-20-24(33)22(25)19(28)11-30-20/h1-2,7-9,11,16,29,31,35H,3-6,10,12-13H2/t25-/m0/s1. The number of halogens is 3. The lowest BCUT2D eigenvalue weighted by molar-refractivity contribution is -0.0159. The maximum Gasteiger partial charge on any atom is 0.251 e. The molecule has 0 aliphatic carbocycles. The fraction of sp³-hybridized carbons (Fsp3) is 0.360. The van der Waals surface area contributed by atoms with E-state index in [1.54, 1.807) is 12.1 Å². The summed E-state index contributed by atoms with van der Waals surface area (Å²) in [4.78, 5) is 21.5. The monoisotopic (exact) mass is 483 g/mol. The van der Waals surface area contributed by atoms with E-state index in [4.69, 9.17) is 0 Å². The van der Waals surface area contributed by atoms with Crippen LogP contribution in [0.5, 0.6) is 0 Å². The van der Waals surface area contributed by atoms with Crippen molar-refractivity contribution in [3.8, 4) is 0 Å². The van der Waals surface area contributed by atoms with Crippen LogP contribution in [0.1, 0.15) is 24.1 Å². The van der Waals surface area contributed by atoms with Crippen LogP contribution in [-0.2, 0) is 18.7 Å². The molecule has 2 aliphatic heterocycles. The van der Waals surface area contributed by atoms with Crippen LogP contribution in [0.25, 0.3) is 21.9 Å². The number of aliphatic hydroxyl groups is 1. The van der Waals surface area contributed by atoms with Gasteiger partial charge in [-0.3, -0.25) is 14.7 Å². The zero-order valence-corrected chi connectivity index (χ0v) is 18.8. The molecule has 6 rings (SSSR count). The minimum absolute atomic E-state index is 0.00314. The van der Waals surface area contributed by atoms with Gasteiger partial charge in [-0.15, -0.1) is 0 Å². The number of nitrogens with zero attached hydrogens (tertiary/aromatic N) is 3. The normalized spacial score (nSPS) is 20.9. The number of rotatable bonds is 5. The van der Waals surface area contributed by atoms with Crippen molar-refractivity contribution in [2.24, 2.45) is 0 Å². The van der Waals surface area contributed by atoms with E-state index in [2.05, 4.69) is 20.2 Å². The van der Waals surface area contributed by atoms with Crippen molar-refractivity contribution >= 4 is 21.9 Å². The Labute approximate surface area is 198 Å². The Morgan fingerprint density at radius 3 is 2.74 bits per heavy atom. The Morgan fingerprint density at radius 1 is 1.14 bits per heavy atom. The van der Waals surface area contributed by atoms with Crippen molar-refractivity contribution < 1.29 is 18.3 Å². The summed E-state index contributed by atoms with van der Waals surface area (Å²) in [6.45, 7) is 2.07. The highest BCUT2D eigenvalue weighted by molar-refractivity contribution is 5.81. The van der Waals surface area contributed by atoms with E-state index in [0.717, 1.165) is 30.8 Å². The van der Waals surface area contributed by atoms with E-state index in [0.29, 0.717) is 41.6 Å². The van der Waals surface area contributed by atoms with E-state index < -0.39 is 23.1 Å². The Balaban J connectivity index is 1.11. The molecule has 182 valence electrons. The third kappa shape index (κ3) is 3.81. The zero-order valence-electron chi connectivity index (χ0n) is 18.8. The maximum absolute atomic E-state index is 14.8. The number of H-pyrrole nitrogens is 1. The summed E-state index contributed by atoms with van der Waals surface area (Å²) in [5.74, 6) is -1.83. The first kappa shape index (κ1) is 22.3. The highest BCUT2D eigenvalue weighted by Gasteiger charge is 2.43. The molecule has 0 saturated carbocycles. The van der Waals surface area contributed by atoms with Crippen LogP contribution in [-0.4, -0.2) is 50.2 Å². The van der Waals surface area contributed by atoms with Gasteiger partial charge < -0.3 is 20.0 Å². The molecule has 0 unspecified atom stereocenters. The molecule has 10 heteroatoms. The number of β-amino-alcohol motifs (C(OH)–C–C–N with tert-alkyl or cyclic N) is 1. The quantitative estimate of drug-likeness (QED) is 0.407. The molecule has 1 aromatic carbocycles. The molecule has 0 spiro atoms. The molecule has 7 nitrogen and oxygen atoms in total. The van der Waals surface area contributed by atoms with Gasteiger partial charge in [0.25, 0.3) is 5.56 Å². The Bertz CT molecular complexity index is 1510. The van der Waals surface area contributed by atoms with Crippen LogP contribution in [0.3, 0.4) is 0 Å². The summed E-state index contributed by atoms with van der Waals surface area (Å²) in [6, 6.07) is 7.05. The summed E-state index contributed by atoms with van der Waals surface area (Å²) in [5.41, 5.74) is 0.258. The van der Waals surface area contributed by atoms with Crippen LogP contribution < -0.4 is 10.9 Å². The fourth-order valence-corrected chi connectivity index (χ4v) is 5.55. The number of aromatic amines is 1. The molecule has 5 heterocycles. The topological polar surface area (TPSA) is 86.2 Å². The van der Waals surface area contributed by atoms with Crippen molar-refractivity contribution in [1.29, 1.82) is 0 Å². The number of hydrogen-bond donors (Lipinski definition) is 3. The SMILES string of the molecule is O=c1ccc2ncc(F)c3c2n1C[C@@]3(O)CN1CCC(NCc2cc3cc(F)cc(F)c3[nH]2)CC1. The van der Waals surface area contributed by atoms with Crippen molar-refractivity contribution in [1.82, 2.24) is 24.8 Å². The smallest absolute Gasteiger partial charge is 0.251 e. The van der Waals surface area contributed by atoms with Crippen LogP contribution in [0.15, 0.2) is 41.3 Å². The second-order valence-electron chi connectivity index (χ2n) is 9.58. The molecule has 1 atom stereocenters. The molecule has 1 saturated heterocycles. The number of hydrogen-bond acceptors (Lipinski definition) is 5. The third-order valence-electron chi connectivity index (χ3n) is 7.19. The molecule has 3 N–H and O–H groups in total. The molecule has 4 aromatic rings. The van der Waals surface area contributed by atoms with Gasteiger partial charge in [0, 0.05) is 42.3 Å². The summed E-state index contributed by atoms with van der Waals surface area (Å²) >= 11 is 0. The number of pyridine rings is 2. The highest BCUT2D eigenvalue weighted by atomic mass is 19.1. The zero-order chi connectivity index (χ0) is 24.3. The maximum atomic E-state index is 14.8. The average molecular weight is 483 g/mol. The van der Waals surface area contributed by atoms with Gasteiger partial charge in [0.1, 0.15) is 23.1 Å². The Hall–Kier alpha value is -3.21. The molecule has 35 heavy (non-hydrogen) atoms. The van der Waals surface area contributed by atoms with E-state index in [-0.39, 0.29) is 30.3 Å². The largest absolute Gasteiger partial charge is 0.382 e. The second-order valence-corrected chi connectivity index (χ2v) is 9.58. The third-order valence-corrected chi connectivity index (χ3v) is 7.19. The first-order valence-corrected chi connectivity index (χ1v) is 11.6. The van der Waals surface area contributed by atoms with Gasteiger partial charge in [-0.05, 0) is 44.1 Å². The number of piperidine rings is 1. The van der Waals surface area contributed by atoms with E-state index >= 15 is 0 Å². The van der Waals surface area contributed by atoms with E-state index in [9.17, 15) is 23.1 Å². The first-order chi connectivity index (χ1) is 16.8. The van der Waals surface area contributed by atoms with Crippen molar-refractivity contribution in [2.45, 2.75) is 37.6 Å². The number of aromatic nitrogens is 3. The lowest BCUT2D eigenvalue weighted by Gasteiger charge is -2.37. The highest BCUT2D eigenvalue weighted by Crippen LogP contribution is 2.38. The van der Waals surface area contributed by atoms with Crippen LogP contribution >= 0.6 is 0 Å². The van der Waals surface area contributed by atoms with Gasteiger partial charge in [-0.2, -0.15) is 0 Å². The van der Waals surface area contributed by atoms with Crippen LogP contribution in [0.4, 0.5) is 13.2 Å². The van der Waals surface area contributed by atoms with Gasteiger partial charge in [0.15, 0.2) is 0 Å². The van der Waals surface area contributed by atoms with Gasteiger partial charge in [0.2, 0.25) is 0 Å². The van der Waals surface area contributed by atoms with E-state index in [1.165, 1.54) is 16.7 Å². The van der Waals surface area contributed by atoms with Crippen molar-refractivity contribution in [2.75, 3.05) is 19.6 Å². The fourth-order valence-electron chi connectivity index (χ4n) is 5.55.